The van der Waals surface area contributed by atoms with E-state index in [1.807, 2.05) is 38.1 Å². The maximum atomic E-state index is 13.0. The summed E-state index contributed by atoms with van der Waals surface area (Å²) in [5.41, 5.74) is 1.66. The summed E-state index contributed by atoms with van der Waals surface area (Å²) < 4.78 is 0. The van der Waals surface area contributed by atoms with Crippen LogP contribution in [0.15, 0.2) is 42.5 Å². The highest BCUT2D eigenvalue weighted by atomic mass is 35.5. The van der Waals surface area contributed by atoms with Crippen molar-refractivity contribution in [3.63, 3.8) is 0 Å². The molecule has 8 nitrogen and oxygen atoms in total. The van der Waals surface area contributed by atoms with Crippen LogP contribution in [0.5, 0.6) is 0 Å². The number of carbonyl (C=O) groups is 2. The molecule has 0 radical (unpaired) electrons. The summed E-state index contributed by atoms with van der Waals surface area (Å²) in [5.74, 6) is -1.10. The average Bonchev–Trinajstić information content (AvgIpc) is 2.77. The number of nitro groups is 1. The molecule has 0 spiro atoms. The van der Waals surface area contributed by atoms with E-state index in [-0.39, 0.29) is 28.1 Å². The molecule has 1 unspecified atom stereocenters. The number of anilines is 1. The largest absolute Gasteiger partial charge is 0.340 e. The fourth-order valence-corrected chi connectivity index (χ4v) is 4.16. The lowest BCUT2D eigenvalue weighted by molar-refractivity contribution is -0.384. The van der Waals surface area contributed by atoms with Gasteiger partial charge in [0.25, 0.3) is 11.6 Å². The Morgan fingerprint density at radius 3 is 2.48 bits per heavy atom. The van der Waals surface area contributed by atoms with Crippen LogP contribution in [-0.2, 0) is 11.3 Å². The summed E-state index contributed by atoms with van der Waals surface area (Å²) in [5, 5.41) is 16.5. The number of nitrogens with zero attached hydrogens (tertiary/aromatic N) is 2. The van der Waals surface area contributed by atoms with Crippen molar-refractivity contribution in [3.8, 4) is 0 Å². The van der Waals surface area contributed by atoms with Gasteiger partial charge in [0, 0.05) is 24.4 Å². The van der Waals surface area contributed by atoms with E-state index in [2.05, 4.69) is 15.5 Å². The maximum absolute atomic E-state index is 13.0. The molecule has 1 aliphatic heterocycles. The third kappa shape index (κ3) is 6.76. The lowest BCUT2D eigenvalue weighted by Crippen LogP contribution is -2.47. The maximum Gasteiger partial charge on any atom is 0.270 e. The predicted molar refractivity (Wildman–Crippen MR) is 128 cm³/mol. The van der Waals surface area contributed by atoms with Crippen LogP contribution in [0, 0.1) is 16.0 Å². The van der Waals surface area contributed by atoms with E-state index in [1.165, 1.54) is 31.4 Å². The van der Waals surface area contributed by atoms with Crippen molar-refractivity contribution in [1.82, 2.24) is 10.2 Å². The monoisotopic (exact) mass is 472 g/mol. The second-order valence-electron chi connectivity index (χ2n) is 8.64. The average molecular weight is 473 g/mol. The van der Waals surface area contributed by atoms with Crippen LogP contribution in [0.4, 0.5) is 11.4 Å². The van der Waals surface area contributed by atoms with Crippen LogP contribution in [0.25, 0.3) is 0 Å². The molecule has 1 aliphatic rings. The summed E-state index contributed by atoms with van der Waals surface area (Å²) in [6, 6.07) is 10.5. The molecule has 1 saturated heterocycles. The Balaban J connectivity index is 1.67. The molecule has 0 bridgehead atoms. The highest BCUT2D eigenvalue weighted by Gasteiger charge is 2.26. The fraction of sp³-hybridized carbons (Fsp3) is 0.417. The number of carbonyl (C=O) groups excluding carboxylic acids is 2. The zero-order valence-electron chi connectivity index (χ0n) is 18.8. The second kappa shape index (κ2) is 11.2. The van der Waals surface area contributed by atoms with Crippen LogP contribution >= 0.6 is 11.6 Å². The second-order valence-corrected chi connectivity index (χ2v) is 9.05. The molecular formula is C24H29ClN4O4. The third-order valence-corrected chi connectivity index (χ3v) is 6.01. The van der Waals surface area contributed by atoms with Gasteiger partial charge in [-0.3, -0.25) is 24.6 Å². The number of nitro benzene ring substituents is 1. The standard InChI is InChI=1S/C24H29ClN4O4/c1-16(2)22(27-23(30)20-10-9-19(29(32)33)14-21(20)25)24(31)26-18-8-6-7-17(13-18)15-28-11-4-3-5-12-28/h6-10,13-14,16,22H,3-5,11-12,15H2,1-2H3,(H,26,31)(H,27,30). The van der Waals surface area contributed by atoms with E-state index in [0.29, 0.717) is 5.69 Å². The Morgan fingerprint density at radius 1 is 1.12 bits per heavy atom. The number of likely N-dealkylation sites (tertiary alicyclic amines) is 1. The highest BCUT2D eigenvalue weighted by Crippen LogP contribution is 2.23. The zero-order valence-corrected chi connectivity index (χ0v) is 19.6. The van der Waals surface area contributed by atoms with Crippen molar-refractivity contribution >= 4 is 34.8 Å². The number of nitrogens with one attached hydrogen (secondary N) is 2. The highest BCUT2D eigenvalue weighted by molar-refractivity contribution is 6.34. The molecule has 0 saturated carbocycles. The summed E-state index contributed by atoms with van der Waals surface area (Å²) in [7, 11) is 0. The van der Waals surface area contributed by atoms with Crippen molar-refractivity contribution in [2.24, 2.45) is 5.92 Å². The first-order valence-corrected chi connectivity index (χ1v) is 11.5. The molecule has 1 atom stereocenters. The normalized spacial score (nSPS) is 15.2. The molecule has 2 N–H and O–H groups in total. The minimum Gasteiger partial charge on any atom is -0.340 e. The Labute approximate surface area is 198 Å². The predicted octanol–water partition coefficient (Wildman–Crippen LogP) is 4.63. The van der Waals surface area contributed by atoms with Gasteiger partial charge in [0.2, 0.25) is 5.91 Å². The van der Waals surface area contributed by atoms with Crippen LogP contribution in [0.3, 0.4) is 0 Å². The molecule has 2 amide bonds. The molecule has 33 heavy (non-hydrogen) atoms. The molecule has 1 heterocycles. The summed E-state index contributed by atoms with van der Waals surface area (Å²) >= 11 is 6.07. The molecule has 0 aromatic heterocycles. The first-order valence-electron chi connectivity index (χ1n) is 11.1. The van der Waals surface area contributed by atoms with Crippen molar-refractivity contribution in [3.05, 3.63) is 68.7 Å². The van der Waals surface area contributed by atoms with Gasteiger partial charge in [0.05, 0.1) is 15.5 Å². The first-order chi connectivity index (χ1) is 15.7. The lowest BCUT2D eigenvalue weighted by Gasteiger charge is -2.26. The Kier molecular flexibility index (Phi) is 8.41. The Morgan fingerprint density at radius 2 is 1.85 bits per heavy atom. The molecule has 9 heteroatoms. The van der Waals surface area contributed by atoms with Crippen molar-refractivity contribution in [2.75, 3.05) is 18.4 Å². The number of amides is 2. The number of non-ortho nitro benzene ring substituents is 1. The minimum atomic E-state index is -0.811. The van der Waals surface area contributed by atoms with E-state index in [9.17, 15) is 19.7 Å². The summed E-state index contributed by atoms with van der Waals surface area (Å²) in [6.07, 6.45) is 3.70. The van der Waals surface area contributed by atoms with Gasteiger partial charge in [-0.15, -0.1) is 0 Å². The van der Waals surface area contributed by atoms with E-state index in [4.69, 9.17) is 11.6 Å². The van der Waals surface area contributed by atoms with Gasteiger partial charge in [-0.25, -0.2) is 0 Å². The van der Waals surface area contributed by atoms with E-state index < -0.39 is 16.9 Å². The van der Waals surface area contributed by atoms with E-state index in [0.717, 1.165) is 31.3 Å². The van der Waals surface area contributed by atoms with Crippen molar-refractivity contribution in [1.29, 1.82) is 0 Å². The quantitative estimate of drug-likeness (QED) is 0.430. The van der Waals surface area contributed by atoms with Crippen LogP contribution in [0.1, 0.15) is 49.0 Å². The molecule has 2 aromatic carbocycles. The Hall–Kier alpha value is -2.97. The molecule has 0 aliphatic carbocycles. The zero-order chi connectivity index (χ0) is 24.0. The molecule has 2 aromatic rings. The molecule has 176 valence electrons. The first kappa shape index (κ1) is 24.7. The van der Waals surface area contributed by atoms with Gasteiger partial charge < -0.3 is 10.6 Å². The van der Waals surface area contributed by atoms with Gasteiger partial charge in [0.15, 0.2) is 0 Å². The topological polar surface area (TPSA) is 105 Å². The summed E-state index contributed by atoms with van der Waals surface area (Å²) in [4.78, 5) is 38.5. The van der Waals surface area contributed by atoms with Gasteiger partial charge >= 0.3 is 0 Å². The van der Waals surface area contributed by atoms with Crippen LogP contribution in [0.2, 0.25) is 5.02 Å². The third-order valence-electron chi connectivity index (χ3n) is 5.69. The number of hydrogen-bond donors (Lipinski definition) is 2. The van der Waals surface area contributed by atoms with Crippen LogP contribution in [-0.4, -0.2) is 40.8 Å². The molecular weight excluding hydrogens is 444 g/mol. The smallest absolute Gasteiger partial charge is 0.270 e. The molecule has 3 rings (SSSR count). The summed E-state index contributed by atoms with van der Waals surface area (Å²) in [6.45, 7) is 6.67. The number of benzene rings is 2. The number of halogens is 1. The SMILES string of the molecule is CC(C)C(NC(=O)c1ccc([N+](=O)[O-])cc1Cl)C(=O)Nc1cccc(CN2CCCCC2)c1. The fourth-order valence-electron chi connectivity index (χ4n) is 3.90. The number of hydrogen-bond acceptors (Lipinski definition) is 5. The van der Waals surface area contributed by atoms with E-state index >= 15 is 0 Å². The lowest BCUT2D eigenvalue weighted by atomic mass is 10.0. The van der Waals surface area contributed by atoms with Gasteiger partial charge in [0.1, 0.15) is 6.04 Å². The van der Waals surface area contributed by atoms with Gasteiger partial charge in [-0.05, 0) is 55.6 Å². The van der Waals surface area contributed by atoms with Gasteiger partial charge in [-0.2, -0.15) is 0 Å². The Bertz CT molecular complexity index is 1020. The molecule has 1 fully saturated rings. The number of rotatable bonds is 8. The van der Waals surface area contributed by atoms with Crippen molar-refractivity contribution in [2.45, 2.75) is 45.7 Å². The van der Waals surface area contributed by atoms with Crippen molar-refractivity contribution < 1.29 is 14.5 Å². The van der Waals surface area contributed by atoms with E-state index in [1.54, 1.807) is 0 Å². The minimum absolute atomic E-state index is 0.0463. The number of piperidine rings is 1. The van der Waals surface area contributed by atoms with Gasteiger partial charge in [-0.1, -0.05) is 44.0 Å². The van der Waals surface area contributed by atoms with Crippen LogP contribution < -0.4 is 10.6 Å².